The molecule has 3 rings (SSSR count). The average Bonchev–Trinajstić information content (AvgIpc) is 2.90. The Labute approximate surface area is 220 Å². The van der Waals surface area contributed by atoms with Gasteiger partial charge in [0.15, 0.2) is 0 Å². The molecule has 0 saturated heterocycles. The smallest absolute Gasteiger partial charge is 0.245 e. The summed E-state index contributed by atoms with van der Waals surface area (Å²) >= 11 is 0. The predicted octanol–water partition coefficient (Wildman–Crippen LogP) is -1.71. The quantitative estimate of drug-likeness (QED) is 0.214. The van der Waals surface area contributed by atoms with Crippen molar-refractivity contribution in [2.75, 3.05) is 26.7 Å². The molecule has 0 fully saturated rings. The van der Waals surface area contributed by atoms with Crippen LogP contribution in [0.5, 0.6) is 11.5 Å². The van der Waals surface area contributed by atoms with Gasteiger partial charge in [-0.1, -0.05) is 12.1 Å². The molecule has 0 unspecified atom stereocenters. The van der Waals surface area contributed by atoms with Crippen molar-refractivity contribution >= 4 is 17.7 Å². The van der Waals surface area contributed by atoms with Crippen molar-refractivity contribution < 1.29 is 29.7 Å². The molecule has 206 valence electrons. The Balaban J connectivity index is 2.15. The third-order valence-corrected chi connectivity index (χ3v) is 6.64. The fourth-order valence-corrected chi connectivity index (χ4v) is 4.38. The molecule has 11 N–H and O–H groups in total. The SMILES string of the molecule is CN1C(=O)[C@@H](C[C@@H](O)CN)NC(=O)[C@@H](N)Cc2cc(ccc2O)-c2ccc(O)c(c2)C[C@@H]1C(=O)NCCN. The molecule has 12 heteroatoms. The number of phenolic OH excluding ortho intramolecular Hbond substituents is 2. The molecule has 1 heterocycles. The highest BCUT2D eigenvalue weighted by atomic mass is 16.3. The van der Waals surface area contributed by atoms with Crippen LogP contribution in [0.15, 0.2) is 36.4 Å². The summed E-state index contributed by atoms with van der Waals surface area (Å²) in [4.78, 5) is 40.9. The maximum atomic E-state index is 13.6. The number of carbonyl (C=O) groups excluding carboxylic acids is 3. The lowest BCUT2D eigenvalue weighted by atomic mass is 9.95. The Kier molecular flexibility index (Phi) is 9.64. The second-order valence-electron chi connectivity index (χ2n) is 9.43. The number of rotatable bonds is 6. The minimum absolute atomic E-state index is 0.0310. The Morgan fingerprint density at radius 3 is 2.21 bits per heavy atom. The summed E-state index contributed by atoms with van der Waals surface area (Å²) in [6.07, 6.45) is -1.40. The molecule has 1 aliphatic heterocycles. The van der Waals surface area contributed by atoms with Crippen LogP contribution in [0.25, 0.3) is 11.1 Å². The maximum absolute atomic E-state index is 13.6. The molecule has 0 radical (unpaired) electrons. The van der Waals surface area contributed by atoms with Crippen LogP contribution in [0.1, 0.15) is 17.5 Å². The van der Waals surface area contributed by atoms with Crippen molar-refractivity contribution in [3.05, 3.63) is 47.5 Å². The van der Waals surface area contributed by atoms with Crippen LogP contribution in [-0.4, -0.2) is 88.9 Å². The van der Waals surface area contributed by atoms with Gasteiger partial charge in [-0.25, -0.2) is 0 Å². The van der Waals surface area contributed by atoms with Crippen LogP contribution in [0, 0.1) is 0 Å². The first-order chi connectivity index (χ1) is 18.0. The van der Waals surface area contributed by atoms with Gasteiger partial charge in [-0.05, 0) is 46.5 Å². The van der Waals surface area contributed by atoms with E-state index in [-0.39, 0.29) is 50.4 Å². The number of likely N-dealkylation sites (N-methyl/N-ethyl adjacent to an activating group) is 1. The van der Waals surface area contributed by atoms with E-state index in [4.69, 9.17) is 17.2 Å². The molecule has 0 spiro atoms. The largest absolute Gasteiger partial charge is 0.508 e. The van der Waals surface area contributed by atoms with Gasteiger partial charge in [0.05, 0.1) is 12.1 Å². The molecule has 4 bridgehead atoms. The van der Waals surface area contributed by atoms with Crippen LogP contribution in [0.2, 0.25) is 0 Å². The minimum atomic E-state index is -1.24. The normalized spacial score (nSPS) is 21.2. The van der Waals surface area contributed by atoms with Crippen LogP contribution in [-0.2, 0) is 27.2 Å². The summed E-state index contributed by atoms with van der Waals surface area (Å²) in [6, 6.07) is 6.28. The van der Waals surface area contributed by atoms with E-state index >= 15 is 0 Å². The molecule has 0 aromatic heterocycles. The highest BCUT2D eigenvalue weighted by Crippen LogP contribution is 2.31. The van der Waals surface area contributed by atoms with Gasteiger partial charge in [-0.2, -0.15) is 0 Å². The number of nitrogens with two attached hydrogens (primary N) is 3. The number of carbonyl (C=O) groups is 3. The van der Waals surface area contributed by atoms with Crippen LogP contribution < -0.4 is 27.8 Å². The van der Waals surface area contributed by atoms with Crippen LogP contribution in [0.4, 0.5) is 0 Å². The van der Waals surface area contributed by atoms with E-state index in [2.05, 4.69) is 10.6 Å². The van der Waals surface area contributed by atoms with Crippen molar-refractivity contribution in [3.8, 4) is 22.6 Å². The zero-order chi connectivity index (χ0) is 28.0. The number of hydrogen-bond acceptors (Lipinski definition) is 9. The number of nitrogens with one attached hydrogen (secondary N) is 2. The molecule has 4 atom stereocenters. The number of aromatic hydroxyl groups is 2. The number of phenols is 2. The standard InChI is InChI=1S/C26H36N6O6/c1-32-21(25(37)30-7-6-27)11-17-9-15(3-5-23(17)35)14-2-4-22(34)16(8-14)10-19(29)24(36)31-20(26(32)38)12-18(33)13-28/h2-5,8-9,18-21,33-35H,6-7,10-13,27-29H2,1H3,(H,30,37)(H,31,36)/t18-,19+,20-,21-/m1/s1. The summed E-state index contributed by atoms with van der Waals surface area (Å²) in [5, 5.41) is 36.5. The average molecular weight is 529 g/mol. The van der Waals surface area contributed by atoms with Crippen LogP contribution in [0.3, 0.4) is 0 Å². The van der Waals surface area contributed by atoms with Gasteiger partial charge >= 0.3 is 0 Å². The van der Waals surface area contributed by atoms with E-state index in [9.17, 15) is 29.7 Å². The van der Waals surface area contributed by atoms with Gasteiger partial charge in [0, 0.05) is 45.9 Å². The minimum Gasteiger partial charge on any atom is -0.508 e. The van der Waals surface area contributed by atoms with Crippen molar-refractivity contribution in [2.45, 2.75) is 43.5 Å². The Bertz CT molecular complexity index is 1170. The van der Waals surface area contributed by atoms with E-state index in [1.165, 1.54) is 24.1 Å². The molecular weight excluding hydrogens is 492 g/mol. The third kappa shape index (κ3) is 6.78. The summed E-state index contributed by atoms with van der Waals surface area (Å²) in [5.41, 5.74) is 19.4. The second kappa shape index (κ2) is 12.7. The molecule has 3 amide bonds. The number of amides is 3. The van der Waals surface area contributed by atoms with E-state index < -0.39 is 42.0 Å². The number of fused-ring (bicyclic) bond motifs is 5. The zero-order valence-corrected chi connectivity index (χ0v) is 21.3. The lowest BCUT2D eigenvalue weighted by Gasteiger charge is -2.32. The zero-order valence-electron chi connectivity index (χ0n) is 21.3. The predicted molar refractivity (Wildman–Crippen MR) is 141 cm³/mol. The third-order valence-electron chi connectivity index (χ3n) is 6.64. The molecule has 0 aliphatic carbocycles. The summed E-state index contributed by atoms with van der Waals surface area (Å²) in [5.74, 6) is -1.96. The number of aliphatic hydroxyl groups excluding tert-OH is 1. The van der Waals surface area contributed by atoms with Gasteiger partial charge in [0.25, 0.3) is 0 Å². The summed E-state index contributed by atoms with van der Waals surface area (Å²) in [6.45, 7) is 0.192. The van der Waals surface area contributed by atoms with E-state index in [0.717, 1.165) is 0 Å². The number of aliphatic hydroxyl groups is 1. The Morgan fingerprint density at radius 2 is 1.66 bits per heavy atom. The van der Waals surface area contributed by atoms with Gasteiger partial charge in [-0.15, -0.1) is 0 Å². The topological polar surface area (TPSA) is 217 Å². The number of nitrogens with zero attached hydrogens (tertiary/aromatic N) is 1. The van der Waals surface area contributed by atoms with E-state index in [1.807, 2.05) is 0 Å². The Hall–Kier alpha value is -3.71. The molecule has 1 aliphatic rings. The second-order valence-corrected chi connectivity index (χ2v) is 9.43. The number of hydrogen-bond donors (Lipinski definition) is 8. The molecule has 0 saturated carbocycles. The number of benzene rings is 2. The highest BCUT2D eigenvalue weighted by Gasteiger charge is 2.34. The lowest BCUT2D eigenvalue weighted by molar-refractivity contribution is -0.142. The van der Waals surface area contributed by atoms with Gasteiger partial charge in [-0.3, -0.25) is 14.4 Å². The molecule has 2 aromatic rings. The molecule has 2 aromatic carbocycles. The fourth-order valence-electron chi connectivity index (χ4n) is 4.38. The fraction of sp³-hybridized carbons (Fsp3) is 0.423. The monoisotopic (exact) mass is 528 g/mol. The first-order valence-electron chi connectivity index (χ1n) is 12.4. The summed E-state index contributed by atoms with van der Waals surface area (Å²) in [7, 11) is 1.41. The van der Waals surface area contributed by atoms with E-state index in [0.29, 0.717) is 22.3 Å². The first kappa shape index (κ1) is 28.9. The van der Waals surface area contributed by atoms with Gasteiger partial charge < -0.3 is 48.1 Å². The summed E-state index contributed by atoms with van der Waals surface area (Å²) < 4.78 is 0. The lowest BCUT2D eigenvalue weighted by Crippen LogP contribution is -2.58. The van der Waals surface area contributed by atoms with Gasteiger partial charge in [0.1, 0.15) is 23.6 Å². The van der Waals surface area contributed by atoms with Crippen molar-refractivity contribution in [1.82, 2.24) is 15.5 Å². The van der Waals surface area contributed by atoms with Gasteiger partial charge in [0.2, 0.25) is 17.7 Å². The Morgan fingerprint density at radius 1 is 1.08 bits per heavy atom. The molecular formula is C26H36N6O6. The maximum Gasteiger partial charge on any atom is 0.245 e. The van der Waals surface area contributed by atoms with Crippen molar-refractivity contribution in [3.63, 3.8) is 0 Å². The molecule has 38 heavy (non-hydrogen) atoms. The van der Waals surface area contributed by atoms with E-state index in [1.54, 1.807) is 24.3 Å². The van der Waals surface area contributed by atoms with Crippen molar-refractivity contribution in [1.29, 1.82) is 0 Å². The highest BCUT2D eigenvalue weighted by molar-refractivity contribution is 5.93. The van der Waals surface area contributed by atoms with Crippen LogP contribution >= 0.6 is 0 Å². The van der Waals surface area contributed by atoms with Crippen molar-refractivity contribution in [2.24, 2.45) is 17.2 Å². The molecule has 12 nitrogen and oxygen atoms in total. The first-order valence-corrected chi connectivity index (χ1v) is 12.4.